The van der Waals surface area contributed by atoms with E-state index in [4.69, 9.17) is 4.74 Å². The summed E-state index contributed by atoms with van der Waals surface area (Å²) in [5, 5.41) is 16.4. The van der Waals surface area contributed by atoms with Crippen LogP contribution >= 0.6 is 0 Å². The van der Waals surface area contributed by atoms with Crippen molar-refractivity contribution < 1.29 is 24.0 Å². The van der Waals surface area contributed by atoms with Crippen LogP contribution in [0.4, 0.5) is 17.1 Å². The van der Waals surface area contributed by atoms with E-state index in [1.54, 1.807) is 30.3 Å². The fourth-order valence-corrected chi connectivity index (χ4v) is 2.48. The monoisotopic (exact) mass is 399 g/mol. The Labute approximate surface area is 167 Å². The number of amides is 1. The number of nitrogens with one attached hydrogen (secondary N) is 2. The number of Topliss-reactive ketones (excluding diaryl/α,β-unsaturated/α-hetero) is 1. The molecular formula is C20H21N3O6. The molecule has 0 unspecified atom stereocenters. The molecule has 9 heteroatoms. The van der Waals surface area contributed by atoms with Crippen LogP contribution in [-0.2, 0) is 14.3 Å². The third kappa shape index (κ3) is 7.06. The number of ketones is 1. The van der Waals surface area contributed by atoms with Crippen LogP contribution in [0, 0.1) is 10.1 Å². The Hall–Kier alpha value is -3.75. The van der Waals surface area contributed by atoms with Crippen molar-refractivity contribution in [3.63, 3.8) is 0 Å². The number of hydrogen-bond acceptors (Lipinski definition) is 7. The van der Waals surface area contributed by atoms with E-state index in [9.17, 15) is 24.5 Å². The van der Waals surface area contributed by atoms with Gasteiger partial charge in [0.1, 0.15) is 5.69 Å². The lowest BCUT2D eigenvalue weighted by molar-refractivity contribution is -0.384. The molecule has 0 heterocycles. The molecule has 0 bridgehead atoms. The molecule has 0 aliphatic heterocycles. The number of esters is 1. The summed E-state index contributed by atoms with van der Waals surface area (Å²) in [5.74, 6) is -1.10. The molecule has 0 fully saturated rings. The molecule has 0 saturated carbocycles. The molecule has 2 aromatic rings. The number of nitrogens with zero attached hydrogens (tertiary/aromatic N) is 1. The summed E-state index contributed by atoms with van der Waals surface area (Å²) in [4.78, 5) is 45.3. The quantitative estimate of drug-likeness (QED) is 0.206. The van der Waals surface area contributed by atoms with E-state index >= 15 is 0 Å². The zero-order chi connectivity index (χ0) is 21.2. The maximum atomic E-state index is 12.1. The first-order chi connectivity index (χ1) is 13.9. The van der Waals surface area contributed by atoms with E-state index in [1.807, 2.05) is 0 Å². The van der Waals surface area contributed by atoms with Crippen LogP contribution in [0.3, 0.4) is 0 Å². The number of anilines is 2. The Morgan fingerprint density at radius 1 is 1.07 bits per heavy atom. The summed E-state index contributed by atoms with van der Waals surface area (Å²) in [6, 6.07) is 12.5. The van der Waals surface area contributed by atoms with Crippen molar-refractivity contribution in [2.75, 3.05) is 23.8 Å². The van der Waals surface area contributed by atoms with Gasteiger partial charge >= 0.3 is 5.97 Å². The molecule has 0 aliphatic rings. The summed E-state index contributed by atoms with van der Waals surface area (Å²) in [6.45, 7) is 1.35. The lowest BCUT2D eigenvalue weighted by atomic mass is 10.1. The minimum absolute atomic E-state index is 0.0369. The van der Waals surface area contributed by atoms with Gasteiger partial charge in [-0.15, -0.1) is 0 Å². The molecule has 0 atom stereocenters. The molecule has 29 heavy (non-hydrogen) atoms. The van der Waals surface area contributed by atoms with Gasteiger partial charge in [-0.1, -0.05) is 12.1 Å². The number of ether oxygens (including phenoxy) is 1. The molecular weight excluding hydrogens is 378 g/mol. The summed E-state index contributed by atoms with van der Waals surface area (Å²) < 4.78 is 4.97. The van der Waals surface area contributed by atoms with Gasteiger partial charge in [-0.25, -0.2) is 0 Å². The maximum absolute atomic E-state index is 12.1. The number of rotatable bonds is 10. The fourth-order valence-electron chi connectivity index (χ4n) is 2.48. The smallest absolute Gasteiger partial charge is 0.306 e. The predicted molar refractivity (Wildman–Crippen MR) is 107 cm³/mol. The molecule has 0 saturated heterocycles. The first-order valence-corrected chi connectivity index (χ1v) is 8.90. The fraction of sp³-hybridized carbons (Fsp3) is 0.250. The molecule has 1 amide bonds. The highest BCUT2D eigenvalue weighted by Crippen LogP contribution is 2.23. The summed E-state index contributed by atoms with van der Waals surface area (Å²) in [6.07, 6.45) is 0.465. The first kappa shape index (κ1) is 21.5. The highest BCUT2D eigenvalue weighted by Gasteiger charge is 2.13. The Balaban J connectivity index is 1.71. The van der Waals surface area contributed by atoms with Gasteiger partial charge < -0.3 is 15.4 Å². The number of nitro benzene ring substituents is 1. The van der Waals surface area contributed by atoms with E-state index in [2.05, 4.69) is 10.6 Å². The number of carbonyl (C=O) groups excluding carboxylic acids is 3. The van der Waals surface area contributed by atoms with Crippen molar-refractivity contribution in [3.05, 3.63) is 64.2 Å². The molecule has 2 aromatic carbocycles. The van der Waals surface area contributed by atoms with Gasteiger partial charge in [-0.2, -0.15) is 0 Å². The van der Waals surface area contributed by atoms with E-state index in [-0.39, 0.29) is 30.4 Å². The number of carbonyl (C=O) groups is 3. The molecule has 9 nitrogen and oxygen atoms in total. The van der Waals surface area contributed by atoms with Crippen molar-refractivity contribution in [3.8, 4) is 0 Å². The van der Waals surface area contributed by atoms with E-state index in [1.165, 1.54) is 25.1 Å². The SMILES string of the molecule is CC(=O)Nc1ccc(C(=O)COC(=O)CCCNc2ccccc2[N+](=O)[O-])cc1. The Kier molecular flexibility index (Phi) is 7.84. The standard InChI is InChI=1S/C20H21N3O6/c1-14(24)22-16-10-8-15(9-11-16)19(25)13-29-20(26)7-4-12-21-17-5-2-3-6-18(17)23(27)28/h2-3,5-6,8-11,21H,4,7,12-13H2,1H3,(H,22,24). The Morgan fingerprint density at radius 2 is 1.76 bits per heavy atom. The van der Waals surface area contributed by atoms with Gasteiger partial charge in [0.25, 0.3) is 5.69 Å². The Morgan fingerprint density at radius 3 is 2.41 bits per heavy atom. The number of hydrogen-bond donors (Lipinski definition) is 2. The molecule has 152 valence electrons. The van der Waals surface area contributed by atoms with Crippen molar-refractivity contribution in [1.29, 1.82) is 0 Å². The minimum atomic E-state index is -0.530. The van der Waals surface area contributed by atoms with Gasteiger partial charge in [0.2, 0.25) is 5.91 Å². The number of nitro groups is 1. The maximum Gasteiger partial charge on any atom is 0.306 e. The largest absolute Gasteiger partial charge is 0.457 e. The van der Waals surface area contributed by atoms with Crippen LogP contribution in [0.15, 0.2) is 48.5 Å². The molecule has 0 radical (unpaired) electrons. The second-order valence-electron chi connectivity index (χ2n) is 6.15. The number of para-hydroxylation sites is 2. The second-order valence-corrected chi connectivity index (χ2v) is 6.15. The van der Waals surface area contributed by atoms with Gasteiger partial charge in [-0.05, 0) is 36.8 Å². The van der Waals surface area contributed by atoms with Gasteiger partial charge in [0.15, 0.2) is 12.4 Å². The minimum Gasteiger partial charge on any atom is -0.457 e. The van der Waals surface area contributed by atoms with Crippen LogP contribution in [0.25, 0.3) is 0 Å². The highest BCUT2D eigenvalue weighted by molar-refractivity contribution is 5.98. The third-order valence-corrected chi connectivity index (χ3v) is 3.87. The normalized spacial score (nSPS) is 10.1. The lowest BCUT2D eigenvalue weighted by Crippen LogP contribution is -2.15. The van der Waals surface area contributed by atoms with E-state index < -0.39 is 10.9 Å². The molecule has 2 rings (SSSR count). The van der Waals surface area contributed by atoms with Crippen LogP contribution in [0.2, 0.25) is 0 Å². The highest BCUT2D eigenvalue weighted by atomic mass is 16.6. The topological polar surface area (TPSA) is 128 Å². The zero-order valence-corrected chi connectivity index (χ0v) is 15.8. The first-order valence-electron chi connectivity index (χ1n) is 8.90. The van der Waals surface area contributed by atoms with Crippen molar-refractivity contribution in [2.24, 2.45) is 0 Å². The average molecular weight is 399 g/mol. The number of benzene rings is 2. The van der Waals surface area contributed by atoms with Gasteiger partial charge in [0.05, 0.1) is 4.92 Å². The van der Waals surface area contributed by atoms with E-state index in [0.29, 0.717) is 29.9 Å². The zero-order valence-electron chi connectivity index (χ0n) is 15.8. The molecule has 0 aromatic heterocycles. The molecule has 0 aliphatic carbocycles. The van der Waals surface area contributed by atoms with Crippen LogP contribution < -0.4 is 10.6 Å². The Bertz CT molecular complexity index is 895. The second kappa shape index (κ2) is 10.5. The van der Waals surface area contributed by atoms with Crippen LogP contribution in [0.5, 0.6) is 0 Å². The van der Waals surface area contributed by atoms with Gasteiger partial charge in [0, 0.05) is 37.2 Å². The molecule has 2 N–H and O–H groups in total. The average Bonchev–Trinajstić information content (AvgIpc) is 2.69. The van der Waals surface area contributed by atoms with Gasteiger partial charge in [-0.3, -0.25) is 24.5 Å². The van der Waals surface area contributed by atoms with Crippen molar-refractivity contribution in [1.82, 2.24) is 0 Å². The summed E-state index contributed by atoms with van der Waals surface area (Å²) in [5.41, 5.74) is 1.27. The van der Waals surface area contributed by atoms with Crippen molar-refractivity contribution >= 4 is 34.7 Å². The van der Waals surface area contributed by atoms with E-state index in [0.717, 1.165) is 0 Å². The summed E-state index contributed by atoms with van der Waals surface area (Å²) >= 11 is 0. The summed E-state index contributed by atoms with van der Waals surface area (Å²) in [7, 11) is 0. The molecule has 0 spiro atoms. The van der Waals surface area contributed by atoms with Crippen molar-refractivity contribution in [2.45, 2.75) is 19.8 Å². The van der Waals surface area contributed by atoms with Crippen LogP contribution in [0.1, 0.15) is 30.1 Å². The lowest BCUT2D eigenvalue weighted by Gasteiger charge is -2.07. The predicted octanol–water partition coefficient (Wildman–Crippen LogP) is 3.17. The third-order valence-electron chi connectivity index (χ3n) is 3.87. The van der Waals surface area contributed by atoms with Crippen LogP contribution in [-0.4, -0.2) is 35.7 Å².